The fourth-order valence-electron chi connectivity index (χ4n) is 1.41. The van der Waals surface area contributed by atoms with Gasteiger partial charge in [0.15, 0.2) is 0 Å². The van der Waals surface area contributed by atoms with E-state index in [-0.39, 0.29) is 0 Å². The van der Waals surface area contributed by atoms with Gasteiger partial charge in [0, 0.05) is 6.04 Å². The number of nitrogens with one attached hydrogen (secondary N) is 1. The average molecular weight is 174 g/mol. The molecule has 0 unspecified atom stereocenters. The maximum absolute atomic E-state index is 4.78. The third kappa shape index (κ3) is 2.80. The lowest BCUT2D eigenvalue weighted by Gasteiger charge is -2.25. The van der Waals surface area contributed by atoms with E-state index < -0.39 is 0 Å². The predicted molar refractivity (Wildman–Crippen MR) is 50.0 cm³/mol. The van der Waals surface area contributed by atoms with Gasteiger partial charge in [-0.05, 0) is 12.8 Å². The lowest BCUT2D eigenvalue weighted by molar-refractivity contribution is 0.416. The molecule has 0 atom stereocenters. The van der Waals surface area contributed by atoms with Crippen LogP contribution in [-0.2, 0) is 12.6 Å². The van der Waals surface area contributed by atoms with Crippen LogP contribution in [0.15, 0.2) is 0 Å². The fourth-order valence-corrected chi connectivity index (χ4v) is 1.75. The fraction of sp³-hybridized carbons (Fsp3) is 0.857. The largest absolute Gasteiger partial charge is 0.412 e. The van der Waals surface area contributed by atoms with Crippen LogP contribution >= 0.6 is 12.2 Å². The molecule has 0 aliphatic heterocycles. The molecule has 0 heterocycles. The smallest absolute Gasteiger partial charge is 0.0246 e. The molecular formula is C7H12NS2-. The third-order valence-corrected chi connectivity index (χ3v) is 2.16. The van der Waals surface area contributed by atoms with Crippen molar-refractivity contribution in [1.29, 1.82) is 0 Å². The van der Waals surface area contributed by atoms with E-state index in [0.29, 0.717) is 10.4 Å². The molecule has 10 heavy (non-hydrogen) atoms. The zero-order valence-electron chi connectivity index (χ0n) is 5.93. The molecule has 0 radical (unpaired) electrons. The van der Waals surface area contributed by atoms with Crippen molar-refractivity contribution in [1.82, 2.24) is 5.32 Å². The van der Waals surface area contributed by atoms with Gasteiger partial charge in [-0.25, -0.2) is 0 Å². The second-order valence-corrected chi connectivity index (χ2v) is 3.84. The van der Waals surface area contributed by atoms with E-state index in [1.165, 1.54) is 32.1 Å². The van der Waals surface area contributed by atoms with Crippen molar-refractivity contribution in [3.05, 3.63) is 0 Å². The second-order valence-electron chi connectivity index (χ2n) is 2.77. The normalized spacial score (nSPS) is 20.4. The van der Waals surface area contributed by atoms with Gasteiger partial charge >= 0.3 is 0 Å². The molecular weight excluding hydrogens is 162 g/mol. The van der Waals surface area contributed by atoms with Gasteiger partial charge in [-0.1, -0.05) is 23.6 Å². The molecule has 0 aromatic heterocycles. The highest BCUT2D eigenvalue weighted by Crippen LogP contribution is 2.16. The Kier molecular flexibility index (Phi) is 3.35. The summed E-state index contributed by atoms with van der Waals surface area (Å²) in [7, 11) is 0. The van der Waals surface area contributed by atoms with E-state index >= 15 is 0 Å². The van der Waals surface area contributed by atoms with Crippen LogP contribution in [0.3, 0.4) is 0 Å². The van der Waals surface area contributed by atoms with Crippen LogP contribution in [0.1, 0.15) is 32.1 Å². The highest BCUT2D eigenvalue weighted by Gasteiger charge is 2.10. The Morgan fingerprint density at radius 3 is 2.40 bits per heavy atom. The molecule has 1 saturated carbocycles. The van der Waals surface area contributed by atoms with Crippen LogP contribution in [0.4, 0.5) is 0 Å². The Bertz CT molecular complexity index is 119. The van der Waals surface area contributed by atoms with Crippen LogP contribution in [0, 0.1) is 0 Å². The van der Waals surface area contributed by atoms with Crippen LogP contribution in [0.5, 0.6) is 0 Å². The van der Waals surface area contributed by atoms with Crippen molar-refractivity contribution in [2.75, 3.05) is 0 Å². The Balaban J connectivity index is 2.19. The van der Waals surface area contributed by atoms with Gasteiger partial charge in [0.2, 0.25) is 0 Å². The van der Waals surface area contributed by atoms with Gasteiger partial charge in [-0.15, -0.1) is 0 Å². The summed E-state index contributed by atoms with van der Waals surface area (Å²) in [4.78, 5) is 0. The molecule has 1 aliphatic rings. The SMILES string of the molecule is S=C([S-])NC1CCCCC1. The minimum atomic E-state index is 0.534. The number of rotatable bonds is 1. The van der Waals surface area contributed by atoms with Crippen molar-refractivity contribution in [3.8, 4) is 0 Å². The molecule has 0 spiro atoms. The maximum atomic E-state index is 4.78. The second kappa shape index (κ2) is 4.09. The third-order valence-electron chi connectivity index (χ3n) is 1.93. The molecule has 0 aromatic rings. The van der Waals surface area contributed by atoms with Crippen molar-refractivity contribution in [2.24, 2.45) is 0 Å². The van der Waals surface area contributed by atoms with E-state index in [1.807, 2.05) is 0 Å². The summed E-state index contributed by atoms with van der Waals surface area (Å²) in [5.41, 5.74) is 0. The van der Waals surface area contributed by atoms with Gasteiger partial charge in [-0.3, -0.25) is 0 Å². The molecule has 1 nitrogen and oxygen atoms in total. The standard InChI is InChI=1S/C7H13NS2/c9-7(10)8-6-4-2-1-3-5-6/h6H,1-5H2,(H2,8,9,10)/p-1. The van der Waals surface area contributed by atoms with Crippen molar-refractivity contribution in [2.45, 2.75) is 38.1 Å². The highest BCUT2D eigenvalue weighted by atomic mass is 32.1. The van der Waals surface area contributed by atoms with Crippen molar-refractivity contribution < 1.29 is 0 Å². The molecule has 0 amide bonds. The molecule has 0 saturated heterocycles. The minimum absolute atomic E-state index is 0.534. The molecule has 1 rings (SSSR count). The summed E-state index contributed by atoms with van der Waals surface area (Å²) in [6.45, 7) is 0. The highest BCUT2D eigenvalue weighted by molar-refractivity contribution is 8.00. The van der Waals surface area contributed by atoms with Crippen LogP contribution in [0.2, 0.25) is 0 Å². The zero-order valence-corrected chi connectivity index (χ0v) is 7.56. The van der Waals surface area contributed by atoms with Gasteiger partial charge in [0.1, 0.15) is 0 Å². The molecule has 0 bridgehead atoms. The summed E-state index contributed by atoms with van der Waals surface area (Å²) in [6.07, 6.45) is 6.53. The van der Waals surface area contributed by atoms with Gasteiger partial charge in [0.25, 0.3) is 0 Å². The van der Waals surface area contributed by atoms with E-state index in [4.69, 9.17) is 24.8 Å². The van der Waals surface area contributed by atoms with E-state index in [1.54, 1.807) is 0 Å². The Labute approximate surface area is 73.0 Å². The summed E-state index contributed by atoms with van der Waals surface area (Å²) < 4.78 is 0.534. The predicted octanol–water partition coefficient (Wildman–Crippen LogP) is 1.74. The maximum Gasteiger partial charge on any atom is 0.0246 e. The number of hydrogen-bond donors (Lipinski definition) is 1. The molecule has 1 fully saturated rings. The Hall–Kier alpha value is 0.110. The average Bonchev–Trinajstić information content (AvgIpc) is 1.88. The summed E-state index contributed by atoms with van der Waals surface area (Å²) >= 11 is 9.56. The lowest BCUT2D eigenvalue weighted by Crippen LogP contribution is -2.33. The van der Waals surface area contributed by atoms with Crippen molar-refractivity contribution >= 4 is 29.2 Å². The first-order valence-electron chi connectivity index (χ1n) is 3.76. The van der Waals surface area contributed by atoms with Gasteiger partial charge in [0.05, 0.1) is 0 Å². The van der Waals surface area contributed by atoms with E-state index in [9.17, 15) is 0 Å². The lowest BCUT2D eigenvalue weighted by atomic mass is 9.96. The summed E-state index contributed by atoms with van der Waals surface area (Å²) in [5, 5.41) is 3.13. The molecule has 0 aromatic carbocycles. The molecule has 1 N–H and O–H groups in total. The minimum Gasteiger partial charge on any atom is -0.412 e. The van der Waals surface area contributed by atoms with Gasteiger partial charge in [-0.2, -0.15) is 0 Å². The Morgan fingerprint density at radius 1 is 1.30 bits per heavy atom. The first-order valence-corrected chi connectivity index (χ1v) is 4.58. The quantitative estimate of drug-likeness (QED) is 0.480. The molecule has 3 heteroatoms. The molecule has 58 valence electrons. The van der Waals surface area contributed by atoms with E-state index in [2.05, 4.69) is 5.32 Å². The van der Waals surface area contributed by atoms with E-state index in [0.717, 1.165) is 0 Å². The first-order chi connectivity index (χ1) is 4.79. The van der Waals surface area contributed by atoms with Crippen LogP contribution in [-0.4, -0.2) is 10.4 Å². The number of thiocarbonyl (C=S) groups is 1. The monoisotopic (exact) mass is 174 g/mol. The first kappa shape index (κ1) is 8.21. The molecule has 1 aliphatic carbocycles. The van der Waals surface area contributed by atoms with Crippen molar-refractivity contribution in [3.63, 3.8) is 0 Å². The van der Waals surface area contributed by atoms with Crippen LogP contribution < -0.4 is 5.32 Å². The summed E-state index contributed by atoms with van der Waals surface area (Å²) in [5.74, 6) is 0. The van der Waals surface area contributed by atoms with Crippen LogP contribution in [0.25, 0.3) is 0 Å². The summed E-state index contributed by atoms with van der Waals surface area (Å²) in [6, 6.07) is 0.582. The topological polar surface area (TPSA) is 12.0 Å². The zero-order chi connectivity index (χ0) is 7.40. The Morgan fingerprint density at radius 2 is 1.90 bits per heavy atom. The van der Waals surface area contributed by atoms with Gasteiger partial charge < -0.3 is 30.2 Å². The number of hydrogen-bond acceptors (Lipinski definition) is 2.